The van der Waals surface area contributed by atoms with Crippen molar-refractivity contribution in [2.24, 2.45) is 5.92 Å². The Morgan fingerprint density at radius 2 is 2.00 bits per heavy atom. The smallest absolute Gasteiger partial charge is 0.317 e. The molecule has 4 nitrogen and oxygen atoms in total. The second-order valence-corrected chi connectivity index (χ2v) is 6.76. The van der Waals surface area contributed by atoms with Crippen molar-refractivity contribution in [3.63, 3.8) is 0 Å². The van der Waals surface area contributed by atoms with Crippen LogP contribution in [0.3, 0.4) is 0 Å². The maximum atomic E-state index is 12.7. The van der Waals surface area contributed by atoms with Gasteiger partial charge in [0.05, 0.1) is 0 Å². The lowest BCUT2D eigenvalue weighted by Crippen LogP contribution is -2.42. The summed E-state index contributed by atoms with van der Waals surface area (Å²) in [7, 11) is 0. The first kappa shape index (κ1) is 16.6. The van der Waals surface area contributed by atoms with Crippen molar-refractivity contribution in [3.05, 3.63) is 59.0 Å². The van der Waals surface area contributed by atoms with E-state index in [0.29, 0.717) is 19.0 Å². The topological polar surface area (TPSA) is 45.5 Å². The molecule has 128 valence electrons. The second-order valence-electron chi connectivity index (χ2n) is 6.76. The van der Waals surface area contributed by atoms with E-state index in [2.05, 4.69) is 17.4 Å². The van der Waals surface area contributed by atoms with Gasteiger partial charge in [-0.15, -0.1) is 0 Å². The zero-order chi connectivity index (χ0) is 16.9. The minimum Gasteiger partial charge on any atom is -0.466 e. The van der Waals surface area contributed by atoms with Gasteiger partial charge in [0.25, 0.3) is 0 Å². The zero-order valence-corrected chi connectivity index (χ0v) is 14.5. The minimum absolute atomic E-state index is 0.00371. The van der Waals surface area contributed by atoms with Gasteiger partial charge in [-0.2, -0.15) is 0 Å². The monoisotopic (exact) mass is 326 g/mol. The Balaban J connectivity index is 1.62. The number of rotatable bonds is 6. The summed E-state index contributed by atoms with van der Waals surface area (Å²) in [5.41, 5.74) is 2.21. The highest BCUT2D eigenvalue weighted by Gasteiger charge is 2.24. The second kappa shape index (κ2) is 7.56. The maximum Gasteiger partial charge on any atom is 0.317 e. The summed E-state index contributed by atoms with van der Waals surface area (Å²) in [6, 6.07) is 12.2. The molecule has 0 atom stereocenters. The van der Waals surface area contributed by atoms with Gasteiger partial charge in [0, 0.05) is 25.2 Å². The third kappa shape index (κ3) is 4.19. The maximum absolute atomic E-state index is 12.7. The molecule has 1 aromatic heterocycles. The van der Waals surface area contributed by atoms with Crippen molar-refractivity contribution in [2.45, 2.75) is 46.2 Å². The Morgan fingerprint density at radius 1 is 1.25 bits per heavy atom. The van der Waals surface area contributed by atoms with E-state index in [4.69, 9.17) is 4.42 Å². The van der Waals surface area contributed by atoms with Crippen LogP contribution >= 0.6 is 0 Å². The standard InChI is InChI=1S/C20H26N2O2/c1-15-11-19(16(2)24-15)12-21-20(23)22(14-18-9-6-10-18)13-17-7-4-3-5-8-17/h3-5,7-8,11,18H,6,9-10,12-14H2,1-2H3,(H,21,23). The Bertz CT molecular complexity index is 674. The van der Waals surface area contributed by atoms with Gasteiger partial charge >= 0.3 is 6.03 Å². The highest BCUT2D eigenvalue weighted by atomic mass is 16.3. The van der Waals surface area contributed by atoms with Crippen LogP contribution in [-0.4, -0.2) is 17.5 Å². The molecule has 0 spiro atoms. The average Bonchev–Trinajstić information content (AvgIpc) is 2.86. The Hall–Kier alpha value is -2.23. The number of carbonyl (C=O) groups excluding carboxylic acids is 1. The fraction of sp³-hybridized carbons (Fsp3) is 0.450. The molecule has 2 amide bonds. The summed E-state index contributed by atoms with van der Waals surface area (Å²) in [5, 5.41) is 3.05. The SMILES string of the molecule is Cc1cc(CNC(=O)N(Cc2ccccc2)CC2CCC2)c(C)o1. The van der Waals surface area contributed by atoms with Crippen LogP contribution in [0.25, 0.3) is 0 Å². The Labute approximate surface area is 143 Å². The first-order valence-corrected chi connectivity index (χ1v) is 8.74. The molecule has 3 rings (SSSR count). The highest BCUT2D eigenvalue weighted by molar-refractivity contribution is 5.74. The van der Waals surface area contributed by atoms with Crippen LogP contribution in [-0.2, 0) is 13.1 Å². The number of nitrogens with zero attached hydrogens (tertiary/aromatic N) is 1. The number of amides is 2. The predicted octanol–water partition coefficient (Wildman–Crippen LogP) is 4.41. The lowest BCUT2D eigenvalue weighted by atomic mass is 9.85. The minimum atomic E-state index is 0.00371. The van der Waals surface area contributed by atoms with Gasteiger partial charge in [0.15, 0.2) is 0 Å². The molecule has 1 fully saturated rings. The summed E-state index contributed by atoms with van der Waals surface area (Å²) >= 11 is 0. The molecule has 1 heterocycles. The van der Waals surface area contributed by atoms with Gasteiger partial charge in [-0.1, -0.05) is 36.8 Å². The van der Waals surface area contributed by atoms with E-state index in [1.165, 1.54) is 24.8 Å². The summed E-state index contributed by atoms with van der Waals surface area (Å²) in [6.45, 7) is 5.87. The van der Waals surface area contributed by atoms with E-state index in [-0.39, 0.29) is 6.03 Å². The van der Waals surface area contributed by atoms with E-state index in [0.717, 1.165) is 23.6 Å². The molecule has 24 heavy (non-hydrogen) atoms. The molecular weight excluding hydrogens is 300 g/mol. The lowest BCUT2D eigenvalue weighted by Gasteiger charge is -2.32. The molecule has 1 aliphatic rings. The number of hydrogen-bond acceptors (Lipinski definition) is 2. The van der Waals surface area contributed by atoms with E-state index < -0.39 is 0 Å². The van der Waals surface area contributed by atoms with Crippen LogP contribution in [0.2, 0.25) is 0 Å². The molecular formula is C20H26N2O2. The van der Waals surface area contributed by atoms with E-state index in [9.17, 15) is 4.79 Å². The number of benzene rings is 1. The van der Waals surface area contributed by atoms with Gasteiger partial charge in [0.1, 0.15) is 11.5 Å². The molecule has 0 saturated heterocycles. The van der Waals surface area contributed by atoms with Gasteiger partial charge in [0.2, 0.25) is 0 Å². The normalized spacial score (nSPS) is 14.2. The molecule has 1 saturated carbocycles. The molecule has 0 aliphatic heterocycles. The van der Waals surface area contributed by atoms with Crippen LogP contribution in [0, 0.1) is 19.8 Å². The molecule has 4 heteroatoms. The summed E-state index contributed by atoms with van der Waals surface area (Å²) in [5.74, 6) is 2.41. The first-order valence-electron chi connectivity index (χ1n) is 8.74. The van der Waals surface area contributed by atoms with Crippen molar-refractivity contribution in [3.8, 4) is 0 Å². The quantitative estimate of drug-likeness (QED) is 0.854. The third-order valence-corrected chi connectivity index (χ3v) is 4.78. The predicted molar refractivity (Wildman–Crippen MR) is 94.6 cm³/mol. The number of hydrogen-bond donors (Lipinski definition) is 1. The van der Waals surface area contributed by atoms with E-state index >= 15 is 0 Å². The van der Waals surface area contributed by atoms with Gasteiger partial charge in [-0.25, -0.2) is 4.79 Å². The van der Waals surface area contributed by atoms with Crippen LogP contribution in [0.1, 0.15) is 41.9 Å². The van der Waals surface area contributed by atoms with Crippen LogP contribution < -0.4 is 5.32 Å². The van der Waals surface area contributed by atoms with Gasteiger partial charge in [-0.3, -0.25) is 0 Å². The van der Waals surface area contributed by atoms with Gasteiger partial charge < -0.3 is 14.6 Å². The van der Waals surface area contributed by atoms with Crippen molar-refractivity contribution in [1.29, 1.82) is 0 Å². The van der Waals surface area contributed by atoms with Crippen LogP contribution in [0.5, 0.6) is 0 Å². The summed E-state index contributed by atoms with van der Waals surface area (Å²) < 4.78 is 5.53. The molecule has 0 bridgehead atoms. The number of carbonyl (C=O) groups is 1. The Kier molecular flexibility index (Phi) is 5.24. The highest BCUT2D eigenvalue weighted by Crippen LogP contribution is 2.27. The fourth-order valence-electron chi connectivity index (χ4n) is 3.15. The molecule has 0 radical (unpaired) electrons. The van der Waals surface area contributed by atoms with Gasteiger partial charge in [-0.05, 0) is 44.2 Å². The largest absolute Gasteiger partial charge is 0.466 e. The number of aryl methyl sites for hydroxylation is 2. The van der Waals surface area contributed by atoms with Crippen LogP contribution in [0.15, 0.2) is 40.8 Å². The summed E-state index contributed by atoms with van der Waals surface area (Å²) in [6.07, 6.45) is 3.76. The average molecular weight is 326 g/mol. The molecule has 1 aliphatic carbocycles. The van der Waals surface area contributed by atoms with E-state index in [1.807, 2.05) is 43.0 Å². The lowest BCUT2D eigenvalue weighted by molar-refractivity contribution is 0.164. The van der Waals surface area contributed by atoms with Crippen molar-refractivity contribution < 1.29 is 9.21 Å². The van der Waals surface area contributed by atoms with Crippen molar-refractivity contribution in [2.75, 3.05) is 6.54 Å². The fourth-order valence-corrected chi connectivity index (χ4v) is 3.15. The third-order valence-electron chi connectivity index (χ3n) is 4.78. The molecule has 1 N–H and O–H groups in total. The van der Waals surface area contributed by atoms with Crippen LogP contribution in [0.4, 0.5) is 4.79 Å². The van der Waals surface area contributed by atoms with E-state index in [1.54, 1.807) is 0 Å². The van der Waals surface area contributed by atoms with Crippen molar-refractivity contribution in [1.82, 2.24) is 10.2 Å². The first-order chi connectivity index (χ1) is 11.6. The number of urea groups is 1. The van der Waals surface area contributed by atoms with Crippen molar-refractivity contribution >= 4 is 6.03 Å². The molecule has 0 unspecified atom stereocenters. The Morgan fingerprint density at radius 3 is 2.58 bits per heavy atom. The molecule has 2 aromatic rings. The zero-order valence-electron chi connectivity index (χ0n) is 14.5. The molecule has 1 aromatic carbocycles. The number of furan rings is 1. The summed E-state index contributed by atoms with van der Waals surface area (Å²) in [4.78, 5) is 14.6. The number of nitrogens with one attached hydrogen (secondary N) is 1.